The molecule has 0 aliphatic heterocycles. The van der Waals surface area contributed by atoms with Crippen molar-refractivity contribution >= 4 is 11.6 Å². The minimum Gasteiger partial charge on any atom is -0.316 e. The molecule has 106 valence electrons. The third kappa shape index (κ3) is 2.41. The second-order valence-electron chi connectivity index (χ2n) is 6.76. The lowest BCUT2D eigenvalue weighted by Gasteiger charge is -2.19. The van der Waals surface area contributed by atoms with Gasteiger partial charge in [0.15, 0.2) is 0 Å². The molecule has 0 heterocycles. The molecule has 1 aromatic carbocycles. The van der Waals surface area contributed by atoms with Crippen LogP contribution in [0, 0.1) is 22.6 Å². The zero-order chi connectivity index (χ0) is 14.4. The highest BCUT2D eigenvalue weighted by Crippen LogP contribution is 2.69. The molecule has 19 heavy (non-hydrogen) atoms. The summed E-state index contributed by atoms with van der Waals surface area (Å²) in [7, 11) is 1.97. The Morgan fingerprint density at radius 2 is 1.84 bits per heavy atom. The number of halogens is 2. The van der Waals surface area contributed by atoms with E-state index in [1.165, 1.54) is 6.07 Å². The van der Waals surface area contributed by atoms with Crippen LogP contribution >= 0.6 is 11.6 Å². The first-order valence-corrected chi connectivity index (χ1v) is 7.21. The van der Waals surface area contributed by atoms with Gasteiger partial charge in [-0.25, -0.2) is 4.39 Å². The molecule has 1 aliphatic rings. The summed E-state index contributed by atoms with van der Waals surface area (Å²) < 4.78 is 13.3. The maximum atomic E-state index is 13.3. The monoisotopic (exact) mass is 283 g/mol. The van der Waals surface area contributed by atoms with Crippen LogP contribution in [-0.2, 0) is 6.42 Å². The minimum atomic E-state index is -0.219. The normalized spacial score (nSPS) is 22.3. The van der Waals surface area contributed by atoms with Crippen molar-refractivity contribution in [3.8, 4) is 0 Å². The molecule has 1 fully saturated rings. The Labute approximate surface area is 120 Å². The van der Waals surface area contributed by atoms with E-state index >= 15 is 0 Å². The van der Waals surface area contributed by atoms with E-state index in [1.807, 2.05) is 7.05 Å². The standard InChI is InChI=1S/C16H23ClFN/c1-15(2)14(16(15,3)4)13(19-5)9-10-8-11(18)6-7-12(10)17/h6-8,13-14,19H,9H2,1-5H3. The lowest BCUT2D eigenvalue weighted by atomic mass is 9.97. The van der Waals surface area contributed by atoms with E-state index in [-0.39, 0.29) is 5.82 Å². The zero-order valence-corrected chi connectivity index (χ0v) is 13.1. The molecular weight excluding hydrogens is 261 g/mol. The Morgan fingerprint density at radius 3 is 2.32 bits per heavy atom. The summed E-state index contributed by atoms with van der Waals surface area (Å²) in [5, 5.41) is 4.04. The summed E-state index contributed by atoms with van der Waals surface area (Å²) >= 11 is 6.17. The molecule has 1 atom stereocenters. The number of hydrogen-bond acceptors (Lipinski definition) is 1. The molecular formula is C16H23ClFN. The van der Waals surface area contributed by atoms with Gasteiger partial charge in [-0.2, -0.15) is 0 Å². The van der Waals surface area contributed by atoms with Gasteiger partial charge in [-0.3, -0.25) is 0 Å². The molecule has 0 spiro atoms. The largest absolute Gasteiger partial charge is 0.316 e. The quantitative estimate of drug-likeness (QED) is 0.869. The fourth-order valence-corrected chi connectivity index (χ4v) is 3.77. The summed E-state index contributed by atoms with van der Waals surface area (Å²) in [5.74, 6) is 0.355. The van der Waals surface area contributed by atoms with Crippen molar-refractivity contribution in [2.45, 2.75) is 40.2 Å². The SMILES string of the molecule is CNC(Cc1cc(F)ccc1Cl)C1C(C)(C)C1(C)C. The van der Waals surface area contributed by atoms with Gasteiger partial charge >= 0.3 is 0 Å². The summed E-state index contributed by atoms with van der Waals surface area (Å²) in [6.07, 6.45) is 0.768. The van der Waals surface area contributed by atoms with Crippen LogP contribution < -0.4 is 5.32 Å². The minimum absolute atomic E-state index is 0.219. The summed E-state index contributed by atoms with van der Waals surface area (Å²) in [6.45, 7) is 9.20. The first kappa shape index (κ1) is 14.8. The number of nitrogens with one attached hydrogen (secondary N) is 1. The molecule has 0 amide bonds. The van der Waals surface area contributed by atoms with Crippen molar-refractivity contribution in [1.82, 2.24) is 5.32 Å². The Hall–Kier alpha value is -0.600. The van der Waals surface area contributed by atoms with Gasteiger partial charge in [-0.15, -0.1) is 0 Å². The van der Waals surface area contributed by atoms with Crippen LogP contribution in [0.25, 0.3) is 0 Å². The molecule has 0 aromatic heterocycles. The molecule has 1 N–H and O–H groups in total. The van der Waals surface area contributed by atoms with Crippen LogP contribution in [0.3, 0.4) is 0 Å². The predicted molar refractivity (Wildman–Crippen MR) is 79.0 cm³/mol. The van der Waals surface area contributed by atoms with Gasteiger partial charge in [0.2, 0.25) is 0 Å². The topological polar surface area (TPSA) is 12.0 Å². The fourth-order valence-electron chi connectivity index (χ4n) is 3.58. The zero-order valence-electron chi connectivity index (χ0n) is 12.3. The Kier molecular flexibility index (Phi) is 3.70. The molecule has 1 saturated carbocycles. The molecule has 1 aromatic rings. The van der Waals surface area contributed by atoms with Gasteiger partial charge in [0, 0.05) is 11.1 Å². The molecule has 0 bridgehead atoms. The summed E-state index contributed by atoms with van der Waals surface area (Å²) in [4.78, 5) is 0. The van der Waals surface area contributed by atoms with Crippen LogP contribution in [0.15, 0.2) is 18.2 Å². The van der Waals surface area contributed by atoms with Crippen LogP contribution in [0.2, 0.25) is 5.02 Å². The molecule has 1 nitrogen and oxygen atoms in total. The van der Waals surface area contributed by atoms with Crippen LogP contribution in [-0.4, -0.2) is 13.1 Å². The average molecular weight is 284 g/mol. The number of likely N-dealkylation sites (N-methyl/N-ethyl adjacent to an activating group) is 1. The highest BCUT2D eigenvalue weighted by molar-refractivity contribution is 6.31. The van der Waals surface area contributed by atoms with Gasteiger partial charge in [-0.05, 0) is 54.0 Å². The number of hydrogen-bond donors (Lipinski definition) is 1. The van der Waals surface area contributed by atoms with E-state index in [2.05, 4.69) is 33.0 Å². The van der Waals surface area contributed by atoms with E-state index in [0.717, 1.165) is 12.0 Å². The lowest BCUT2D eigenvalue weighted by Crippen LogP contribution is -2.32. The van der Waals surface area contributed by atoms with Gasteiger partial charge in [0.05, 0.1) is 0 Å². The highest BCUT2D eigenvalue weighted by atomic mass is 35.5. The van der Waals surface area contributed by atoms with Crippen molar-refractivity contribution in [1.29, 1.82) is 0 Å². The molecule has 3 heteroatoms. The fraction of sp³-hybridized carbons (Fsp3) is 0.625. The second-order valence-corrected chi connectivity index (χ2v) is 7.16. The van der Waals surface area contributed by atoms with Crippen molar-refractivity contribution < 1.29 is 4.39 Å². The third-order valence-corrected chi connectivity index (χ3v) is 5.72. The lowest BCUT2D eigenvalue weighted by molar-refractivity contribution is 0.420. The van der Waals surface area contributed by atoms with E-state index in [0.29, 0.717) is 27.8 Å². The van der Waals surface area contributed by atoms with Crippen molar-refractivity contribution in [2.24, 2.45) is 16.7 Å². The van der Waals surface area contributed by atoms with Crippen molar-refractivity contribution in [3.05, 3.63) is 34.6 Å². The number of benzene rings is 1. The van der Waals surface area contributed by atoms with Crippen LogP contribution in [0.4, 0.5) is 4.39 Å². The molecule has 2 rings (SSSR count). The number of rotatable bonds is 4. The van der Waals surface area contributed by atoms with Crippen LogP contribution in [0.1, 0.15) is 33.3 Å². The molecule has 1 unspecified atom stereocenters. The van der Waals surface area contributed by atoms with Gasteiger partial charge in [0.25, 0.3) is 0 Å². The van der Waals surface area contributed by atoms with Crippen LogP contribution in [0.5, 0.6) is 0 Å². The van der Waals surface area contributed by atoms with E-state index in [1.54, 1.807) is 12.1 Å². The Morgan fingerprint density at radius 1 is 1.26 bits per heavy atom. The maximum absolute atomic E-state index is 13.3. The van der Waals surface area contributed by atoms with Crippen molar-refractivity contribution in [3.63, 3.8) is 0 Å². The first-order chi connectivity index (χ1) is 8.71. The summed E-state index contributed by atoms with van der Waals surface area (Å²) in [5.41, 5.74) is 1.50. The smallest absolute Gasteiger partial charge is 0.123 e. The molecule has 1 aliphatic carbocycles. The predicted octanol–water partition coefficient (Wildman–Crippen LogP) is 4.29. The van der Waals surface area contributed by atoms with E-state index < -0.39 is 0 Å². The average Bonchev–Trinajstić information content (AvgIpc) is 2.72. The van der Waals surface area contributed by atoms with Gasteiger partial charge < -0.3 is 5.32 Å². The molecule has 0 radical (unpaired) electrons. The highest BCUT2D eigenvalue weighted by Gasteiger charge is 2.66. The van der Waals surface area contributed by atoms with E-state index in [4.69, 9.17) is 11.6 Å². The Balaban J connectivity index is 2.20. The van der Waals surface area contributed by atoms with E-state index in [9.17, 15) is 4.39 Å². The summed E-state index contributed by atoms with van der Waals surface area (Å²) in [6, 6.07) is 4.92. The van der Waals surface area contributed by atoms with Crippen molar-refractivity contribution in [2.75, 3.05) is 7.05 Å². The second kappa shape index (κ2) is 4.75. The van der Waals surface area contributed by atoms with Gasteiger partial charge in [0.1, 0.15) is 5.82 Å². The first-order valence-electron chi connectivity index (χ1n) is 6.83. The van der Waals surface area contributed by atoms with Gasteiger partial charge in [-0.1, -0.05) is 39.3 Å². The molecule has 0 saturated heterocycles. The Bertz CT molecular complexity index is 468. The third-order valence-electron chi connectivity index (χ3n) is 5.35. The maximum Gasteiger partial charge on any atom is 0.123 e.